The molecule has 0 aromatic heterocycles. The molecule has 1 amide bonds. The lowest BCUT2D eigenvalue weighted by molar-refractivity contribution is -0.137. The van der Waals surface area contributed by atoms with Crippen LogP contribution in [0.25, 0.3) is 0 Å². The third-order valence-electron chi connectivity index (χ3n) is 3.43. The molecule has 102 valence electrons. The van der Waals surface area contributed by atoms with Crippen LogP contribution in [-0.4, -0.2) is 47.6 Å². The Bertz CT molecular complexity index is 317. The first kappa shape index (κ1) is 14.7. The molecular weight excluding hydrogens is 232 g/mol. The van der Waals surface area contributed by atoms with Gasteiger partial charge in [0.05, 0.1) is 6.04 Å². The van der Waals surface area contributed by atoms with Gasteiger partial charge in [-0.3, -0.25) is 14.5 Å². The molecule has 0 aromatic carbocycles. The van der Waals surface area contributed by atoms with E-state index < -0.39 is 5.97 Å². The van der Waals surface area contributed by atoms with Gasteiger partial charge < -0.3 is 10.4 Å². The lowest BCUT2D eigenvalue weighted by Gasteiger charge is -2.23. The van der Waals surface area contributed by atoms with Crippen molar-refractivity contribution in [2.75, 3.05) is 19.6 Å². The average molecular weight is 254 g/mol. The second kappa shape index (κ2) is 7.16. The minimum atomic E-state index is -0.745. The Morgan fingerprint density at radius 1 is 1.61 bits per heavy atom. The van der Waals surface area contributed by atoms with E-state index in [-0.39, 0.29) is 18.4 Å². The second-order valence-electron chi connectivity index (χ2n) is 4.79. The summed E-state index contributed by atoms with van der Waals surface area (Å²) < 4.78 is 0. The molecule has 2 unspecified atom stereocenters. The number of carboxylic acids is 1. The topological polar surface area (TPSA) is 69.6 Å². The van der Waals surface area contributed by atoms with Crippen molar-refractivity contribution in [2.45, 2.75) is 32.2 Å². The summed E-state index contributed by atoms with van der Waals surface area (Å²) in [6.07, 6.45) is 3.55. The van der Waals surface area contributed by atoms with Crippen LogP contribution >= 0.6 is 0 Å². The molecule has 1 rings (SSSR count). The Labute approximate surface area is 108 Å². The molecule has 2 N–H and O–H groups in total. The molecule has 5 heteroatoms. The summed E-state index contributed by atoms with van der Waals surface area (Å²) >= 11 is 0. The summed E-state index contributed by atoms with van der Waals surface area (Å²) in [7, 11) is 0. The minimum Gasteiger partial charge on any atom is -0.481 e. The first-order valence-electron chi connectivity index (χ1n) is 6.39. The van der Waals surface area contributed by atoms with E-state index in [1.165, 1.54) is 0 Å². The van der Waals surface area contributed by atoms with Crippen LogP contribution in [0.4, 0.5) is 0 Å². The summed E-state index contributed by atoms with van der Waals surface area (Å²) in [5.41, 5.74) is 0. The van der Waals surface area contributed by atoms with Crippen molar-refractivity contribution >= 4 is 11.9 Å². The van der Waals surface area contributed by atoms with Crippen LogP contribution in [-0.2, 0) is 9.59 Å². The fraction of sp³-hybridized carbons (Fsp3) is 0.692. The smallest absolute Gasteiger partial charge is 0.303 e. The summed E-state index contributed by atoms with van der Waals surface area (Å²) in [4.78, 5) is 24.4. The number of carbonyl (C=O) groups is 2. The van der Waals surface area contributed by atoms with Crippen LogP contribution in [0.5, 0.6) is 0 Å². The first-order valence-corrected chi connectivity index (χ1v) is 6.39. The molecule has 0 spiro atoms. The summed E-state index contributed by atoms with van der Waals surface area (Å²) in [6.45, 7) is 7.61. The van der Waals surface area contributed by atoms with Gasteiger partial charge in [0, 0.05) is 19.5 Å². The maximum atomic E-state index is 11.8. The third-order valence-corrected chi connectivity index (χ3v) is 3.43. The molecule has 0 bridgehead atoms. The van der Waals surface area contributed by atoms with E-state index in [4.69, 9.17) is 5.11 Å². The molecule has 0 radical (unpaired) electrons. The third kappa shape index (κ3) is 4.49. The van der Waals surface area contributed by atoms with Crippen LogP contribution in [0.1, 0.15) is 26.2 Å². The normalized spacial score (nSPS) is 21.5. The largest absolute Gasteiger partial charge is 0.481 e. The van der Waals surface area contributed by atoms with E-state index in [1.54, 1.807) is 6.08 Å². The van der Waals surface area contributed by atoms with E-state index in [2.05, 4.69) is 16.8 Å². The molecule has 1 fully saturated rings. The number of nitrogens with one attached hydrogen (secondary N) is 1. The van der Waals surface area contributed by atoms with Crippen molar-refractivity contribution in [1.29, 1.82) is 0 Å². The van der Waals surface area contributed by atoms with Crippen LogP contribution in [0.3, 0.4) is 0 Å². The van der Waals surface area contributed by atoms with Gasteiger partial charge in [-0.15, -0.1) is 6.58 Å². The molecular formula is C13H22N2O3. The van der Waals surface area contributed by atoms with Crippen molar-refractivity contribution in [3.8, 4) is 0 Å². The van der Waals surface area contributed by atoms with E-state index in [9.17, 15) is 9.59 Å². The van der Waals surface area contributed by atoms with Gasteiger partial charge in [0.1, 0.15) is 0 Å². The highest BCUT2D eigenvalue weighted by molar-refractivity contribution is 5.81. The van der Waals surface area contributed by atoms with Gasteiger partial charge in [-0.2, -0.15) is 0 Å². The highest BCUT2D eigenvalue weighted by atomic mass is 16.4. The Morgan fingerprint density at radius 2 is 2.33 bits per heavy atom. The Hall–Kier alpha value is -1.36. The monoisotopic (exact) mass is 254 g/mol. The maximum Gasteiger partial charge on any atom is 0.303 e. The van der Waals surface area contributed by atoms with Gasteiger partial charge in [-0.05, 0) is 32.2 Å². The summed E-state index contributed by atoms with van der Waals surface area (Å²) in [5.74, 6) is -0.338. The van der Waals surface area contributed by atoms with Gasteiger partial charge in [0.15, 0.2) is 0 Å². The van der Waals surface area contributed by atoms with Crippen LogP contribution in [0.2, 0.25) is 0 Å². The number of hydrogen-bond donors (Lipinski definition) is 2. The summed E-state index contributed by atoms with van der Waals surface area (Å²) in [6, 6.07) is -0.153. The fourth-order valence-corrected chi connectivity index (χ4v) is 2.26. The first-order chi connectivity index (χ1) is 8.54. The molecule has 1 saturated heterocycles. The van der Waals surface area contributed by atoms with E-state index >= 15 is 0 Å². The van der Waals surface area contributed by atoms with Crippen molar-refractivity contribution in [1.82, 2.24) is 10.2 Å². The van der Waals surface area contributed by atoms with Crippen LogP contribution < -0.4 is 5.32 Å². The molecule has 1 aliphatic rings. The quantitative estimate of drug-likeness (QED) is 0.661. The SMILES string of the molecule is C=CCNC(=O)C(C)N1CCC(CCC(=O)O)C1. The van der Waals surface area contributed by atoms with E-state index in [1.807, 2.05) is 6.92 Å². The van der Waals surface area contributed by atoms with Crippen LogP contribution in [0, 0.1) is 5.92 Å². The molecule has 18 heavy (non-hydrogen) atoms. The number of aliphatic carboxylic acids is 1. The average Bonchev–Trinajstić information content (AvgIpc) is 2.81. The van der Waals surface area contributed by atoms with Crippen molar-refractivity contribution < 1.29 is 14.7 Å². The molecule has 2 atom stereocenters. The molecule has 1 aliphatic heterocycles. The Kier molecular flexibility index (Phi) is 5.85. The lowest BCUT2D eigenvalue weighted by Crippen LogP contribution is -2.44. The number of nitrogens with zero attached hydrogens (tertiary/aromatic N) is 1. The van der Waals surface area contributed by atoms with Crippen molar-refractivity contribution in [3.63, 3.8) is 0 Å². The zero-order chi connectivity index (χ0) is 13.5. The Balaban J connectivity index is 2.33. The zero-order valence-electron chi connectivity index (χ0n) is 10.9. The predicted molar refractivity (Wildman–Crippen MR) is 69.2 cm³/mol. The van der Waals surface area contributed by atoms with E-state index in [0.717, 1.165) is 19.5 Å². The number of hydrogen-bond acceptors (Lipinski definition) is 3. The van der Waals surface area contributed by atoms with Crippen LogP contribution in [0.15, 0.2) is 12.7 Å². The standard InChI is InChI=1S/C13H22N2O3/c1-3-7-14-13(18)10(2)15-8-6-11(9-15)4-5-12(16)17/h3,10-11H,1,4-9H2,2H3,(H,14,18)(H,16,17). The van der Waals surface area contributed by atoms with Gasteiger partial charge >= 0.3 is 5.97 Å². The molecule has 1 heterocycles. The fourth-order valence-electron chi connectivity index (χ4n) is 2.26. The number of carboxylic acid groups (broad SMARTS) is 1. The summed E-state index contributed by atoms with van der Waals surface area (Å²) in [5, 5.41) is 11.4. The number of carbonyl (C=O) groups excluding carboxylic acids is 1. The lowest BCUT2D eigenvalue weighted by atomic mass is 10.0. The number of likely N-dealkylation sites (tertiary alicyclic amines) is 1. The zero-order valence-corrected chi connectivity index (χ0v) is 10.9. The molecule has 0 aromatic rings. The van der Waals surface area contributed by atoms with Gasteiger partial charge in [0.2, 0.25) is 5.91 Å². The van der Waals surface area contributed by atoms with E-state index in [0.29, 0.717) is 18.9 Å². The molecule has 0 saturated carbocycles. The highest BCUT2D eigenvalue weighted by Gasteiger charge is 2.29. The maximum absolute atomic E-state index is 11.8. The highest BCUT2D eigenvalue weighted by Crippen LogP contribution is 2.22. The minimum absolute atomic E-state index is 0.00813. The van der Waals surface area contributed by atoms with Gasteiger partial charge in [-0.25, -0.2) is 0 Å². The van der Waals surface area contributed by atoms with Crippen molar-refractivity contribution in [2.24, 2.45) is 5.92 Å². The number of amides is 1. The predicted octanol–water partition coefficient (Wildman–Crippen LogP) is 0.864. The Morgan fingerprint density at radius 3 is 2.94 bits per heavy atom. The molecule has 5 nitrogen and oxygen atoms in total. The molecule has 0 aliphatic carbocycles. The van der Waals surface area contributed by atoms with Gasteiger partial charge in [0.25, 0.3) is 0 Å². The van der Waals surface area contributed by atoms with Gasteiger partial charge in [-0.1, -0.05) is 6.08 Å². The second-order valence-corrected chi connectivity index (χ2v) is 4.79. The van der Waals surface area contributed by atoms with Crippen molar-refractivity contribution in [3.05, 3.63) is 12.7 Å². The number of rotatable bonds is 7.